The van der Waals surface area contributed by atoms with Gasteiger partial charge in [0.1, 0.15) is 0 Å². The van der Waals surface area contributed by atoms with E-state index in [4.69, 9.17) is 0 Å². The third-order valence-electron chi connectivity index (χ3n) is 2.72. The van der Waals surface area contributed by atoms with Crippen LogP contribution in [0.1, 0.15) is 53.9 Å². The predicted octanol–water partition coefficient (Wildman–Crippen LogP) is 4.42. The summed E-state index contributed by atoms with van der Waals surface area (Å²) < 4.78 is 0. The van der Waals surface area contributed by atoms with E-state index >= 15 is 0 Å². The Morgan fingerprint density at radius 2 is 1.83 bits per heavy atom. The minimum Gasteiger partial charge on any atom is -0.0917 e. The summed E-state index contributed by atoms with van der Waals surface area (Å²) >= 11 is 0. The maximum absolute atomic E-state index is 2.36. The summed E-state index contributed by atoms with van der Waals surface area (Å²) in [5.74, 6) is 0.836. The van der Waals surface area contributed by atoms with Crippen LogP contribution in [-0.2, 0) is 0 Å². The molecule has 0 fully saturated rings. The molecular formula is C12H24. The summed E-state index contributed by atoms with van der Waals surface area (Å²) in [6, 6.07) is 0. The standard InChI is InChI=1S/C12H24/c1-6-7-8-9-10-11(2)12(3,4)5/h6-7,11H,8-10H2,1-5H3. The van der Waals surface area contributed by atoms with Crippen molar-refractivity contribution in [3.8, 4) is 0 Å². The molecule has 0 aromatic rings. The van der Waals surface area contributed by atoms with Gasteiger partial charge in [-0.15, -0.1) is 0 Å². The van der Waals surface area contributed by atoms with Crippen LogP contribution in [0.5, 0.6) is 0 Å². The molecule has 0 rings (SSSR count). The topological polar surface area (TPSA) is 0 Å². The van der Waals surface area contributed by atoms with Gasteiger partial charge in [0.15, 0.2) is 0 Å². The van der Waals surface area contributed by atoms with Crippen molar-refractivity contribution >= 4 is 0 Å². The van der Waals surface area contributed by atoms with Crippen LogP contribution in [0.4, 0.5) is 0 Å². The Morgan fingerprint density at radius 3 is 2.25 bits per heavy atom. The third-order valence-corrected chi connectivity index (χ3v) is 2.72. The van der Waals surface area contributed by atoms with Gasteiger partial charge in [0.2, 0.25) is 0 Å². The molecule has 0 aliphatic rings. The fourth-order valence-electron chi connectivity index (χ4n) is 1.14. The molecule has 1 unspecified atom stereocenters. The minimum atomic E-state index is 0.482. The fourth-order valence-corrected chi connectivity index (χ4v) is 1.14. The second kappa shape index (κ2) is 5.40. The van der Waals surface area contributed by atoms with Crippen LogP contribution in [-0.4, -0.2) is 0 Å². The lowest BCUT2D eigenvalue weighted by molar-refractivity contribution is 0.243. The lowest BCUT2D eigenvalue weighted by Gasteiger charge is -2.26. The molecule has 0 aliphatic heterocycles. The number of hydrogen-bond acceptors (Lipinski definition) is 0. The zero-order chi connectivity index (χ0) is 9.61. The van der Waals surface area contributed by atoms with E-state index in [1.165, 1.54) is 19.3 Å². The Hall–Kier alpha value is -0.260. The molecule has 12 heavy (non-hydrogen) atoms. The molecule has 72 valence electrons. The summed E-state index contributed by atoms with van der Waals surface area (Å²) in [6.45, 7) is 11.4. The van der Waals surface area contributed by atoms with Crippen molar-refractivity contribution in [1.82, 2.24) is 0 Å². The maximum atomic E-state index is 2.36. The second-order valence-corrected chi connectivity index (χ2v) is 4.77. The van der Waals surface area contributed by atoms with E-state index in [-0.39, 0.29) is 0 Å². The van der Waals surface area contributed by atoms with Gasteiger partial charge in [-0.25, -0.2) is 0 Å². The average molecular weight is 168 g/mol. The van der Waals surface area contributed by atoms with Crippen molar-refractivity contribution in [2.24, 2.45) is 11.3 Å². The zero-order valence-electron chi connectivity index (χ0n) is 9.35. The molecule has 0 radical (unpaired) electrons. The molecule has 0 saturated heterocycles. The summed E-state index contributed by atoms with van der Waals surface area (Å²) in [7, 11) is 0. The smallest absolute Gasteiger partial charge is 0.0351 e. The van der Waals surface area contributed by atoms with Gasteiger partial charge in [0.25, 0.3) is 0 Å². The minimum absolute atomic E-state index is 0.482. The van der Waals surface area contributed by atoms with Crippen LogP contribution < -0.4 is 0 Å². The van der Waals surface area contributed by atoms with Gasteiger partial charge in [-0.1, -0.05) is 39.8 Å². The number of unbranched alkanes of at least 4 members (excludes halogenated alkanes) is 1. The van der Waals surface area contributed by atoms with Gasteiger partial charge < -0.3 is 0 Å². The number of rotatable bonds is 4. The van der Waals surface area contributed by atoms with Crippen molar-refractivity contribution in [1.29, 1.82) is 0 Å². The van der Waals surface area contributed by atoms with Crippen LogP contribution in [0.25, 0.3) is 0 Å². The molecule has 0 amide bonds. The van der Waals surface area contributed by atoms with E-state index < -0.39 is 0 Å². The van der Waals surface area contributed by atoms with Gasteiger partial charge in [0, 0.05) is 0 Å². The van der Waals surface area contributed by atoms with Gasteiger partial charge >= 0.3 is 0 Å². The van der Waals surface area contributed by atoms with Crippen molar-refractivity contribution < 1.29 is 0 Å². The first-order valence-corrected chi connectivity index (χ1v) is 5.09. The van der Waals surface area contributed by atoms with E-state index in [1.54, 1.807) is 0 Å². The first kappa shape index (κ1) is 11.7. The highest BCUT2D eigenvalue weighted by Crippen LogP contribution is 2.29. The third kappa shape index (κ3) is 5.40. The normalized spacial score (nSPS) is 15.4. The Morgan fingerprint density at radius 1 is 1.25 bits per heavy atom. The van der Waals surface area contributed by atoms with E-state index in [2.05, 4.69) is 46.8 Å². The highest BCUT2D eigenvalue weighted by atomic mass is 14.2. The summed E-state index contributed by atoms with van der Waals surface area (Å²) in [5, 5.41) is 0. The van der Waals surface area contributed by atoms with Crippen molar-refractivity contribution in [3.05, 3.63) is 12.2 Å². The maximum Gasteiger partial charge on any atom is -0.0351 e. The average Bonchev–Trinajstić information content (AvgIpc) is 1.96. The highest BCUT2D eigenvalue weighted by Gasteiger charge is 2.18. The van der Waals surface area contributed by atoms with E-state index in [1.807, 2.05) is 0 Å². The lowest BCUT2D eigenvalue weighted by atomic mass is 9.79. The van der Waals surface area contributed by atoms with Crippen LogP contribution in [0.3, 0.4) is 0 Å². The molecule has 0 saturated carbocycles. The molecule has 0 bridgehead atoms. The van der Waals surface area contributed by atoms with E-state index in [0.29, 0.717) is 5.41 Å². The Balaban J connectivity index is 3.51. The monoisotopic (exact) mass is 168 g/mol. The zero-order valence-corrected chi connectivity index (χ0v) is 9.35. The van der Waals surface area contributed by atoms with Gasteiger partial charge in [0.05, 0.1) is 0 Å². The molecule has 0 aromatic heterocycles. The van der Waals surface area contributed by atoms with Crippen LogP contribution in [0.15, 0.2) is 12.2 Å². The first-order chi connectivity index (χ1) is 5.48. The molecule has 0 nitrogen and oxygen atoms in total. The largest absolute Gasteiger partial charge is 0.0917 e. The van der Waals surface area contributed by atoms with Crippen molar-refractivity contribution in [2.75, 3.05) is 0 Å². The second-order valence-electron chi connectivity index (χ2n) is 4.77. The molecular weight excluding hydrogens is 144 g/mol. The Kier molecular flexibility index (Phi) is 5.28. The van der Waals surface area contributed by atoms with Crippen LogP contribution in [0.2, 0.25) is 0 Å². The summed E-state index contributed by atoms with van der Waals surface area (Å²) in [5.41, 5.74) is 0.482. The molecule has 1 atom stereocenters. The molecule has 0 N–H and O–H groups in total. The van der Waals surface area contributed by atoms with Crippen LogP contribution >= 0.6 is 0 Å². The van der Waals surface area contributed by atoms with Gasteiger partial charge in [-0.2, -0.15) is 0 Å². The van der Waals surface area contributed by atoms with Crippen molar-refractivity contribution in [2.45, 2.75) is 53.9 Å². The SMILES string of the molecule is CC=CCCCC(C)C(C)(C)C. The molecule has 0 aromatic carbocycles. The quantitative estimate of drug-likeness (QED) is 0.431. The molecule has 0 heterocycles. The molecule has 0 spiro atoms. The number of hydrogen-bond donors (Lipinski definition) is 0. The fraction of sp³-hybridized carbons (Fsp3) is 0.833. The van der Waals surface area contributed by atoms with Crippen molar-refractivity contribution in [3.63, 3.8) is 0 Å². The van der Waals surface area contributed by atoms with Gasteiger partial charge in [-0.05, 0) is 37.5 Å². The lowest BCUT2D eigenvalue weighted by Crippen LogP contribution is -2.16. The van der Waals surface area contributed by atoms with Crippen LogP contribution in [0, 0.1) is 11.3 Å². The summed E-state index contributed by atoms with van der Waals surface area (Å²) in [4.78, 5) is 0. The Bertz CT molecular complexity index is 125. The first-order valence-electron chi connectivity index (χ1n) is 5.09. The van der Waals surface area contributed by atoms with E-state index in [0.717, 1.165) is 5.92 Å². The van der Waals surface area contributed by atoms with E-state index in [9.17, 15) is 0 Å². The Labute approximate surface area is 78.1 Å². The summed E-state index contributed by atoms with van der Waals surface area (Å²) in [6.07, 6.45) is 8.34. The molecule has 0 heteroatoms. The predicted molar refractivity (Wildman–Crippen MR) is 57.3 cm³/mol. The number of allylic oxidation sites excluding steroid dienone is 2. The highest BCUT2D eigenvalue weighted by molar-refractivity contribution is 4.78. The molecule has 0 aliphatic carbocycles. The van der Waals surface area contributed by atoms with Gasteiger partial charge in [-0.3, -0.25) is 0 Å².